The number of nitrogens with one attached hydrogen (secondary N) is 4. The predicted molar refractivity (Wildman–Crippen MR) is 162 cm³/mol. The van der Waals surface area contributed by atoms with E-state index in [2.05, 4.69) is 41.7 Å². The second-order valence-corrected chi connectivity index (χ2v) is 9.88. The van der Waals surface area contributed by atoms with Crippen LogP contribution in [0.2, 0.25) is 0 Å². The molecule has 2 aromatic carbocycles. The molecule has 0 unspecified atom stereocenters. The maximum absolute atomic E-state index is 12.1. The quantitative estimate of drug-likeness (QED) is 0.101. The summed E-state index contributed by atoms with van der Waals surface area (Å²) in [5.74, 6) is 1.54. The third-order valence-corrected chi connectivity index (χ3v) is 6.47. The molecule has 0 fully saturated rings. The van der Waals surface area contributed by atoms with Gasteiger partial charge < -0.3 is 21.3 Å². The molecule has 4 aromatic rings. The van der Waals surface area contributed by atoms with Gasteiger partial charge >= 0.3 is 17.9 Å². The molecule has 4 N–H and O–H groups in total. The lowest BCUT2D eigenvalue weighted by atomic mass is 10.3. The Morgan fingerprint density at radius 2 is 1.05 bits per heavy atom. The lowest BCUT2D eigenvalue weighted by molar-refractivity contribution is -0.657. The molecule has 42 heavy (non-hydrogen) atoms. The van der Waals surface area contributed by atoms with Crippen molar-refractivity contribution >= 4 is 40.7 Å². The van der Waals surface area contributed by atoms with E-state index in [-0.39, 0.29) is 6.03 Å². The van der Waals surface area contributed by atoms with Gasteiger partial charge in [-0.05, 0) is 61.4 Å². The minimum Gasteiger partial charge on any atom is -0.385 e. The summed E-state index contributed by atoms with van der Waals surface area (Å²) >= 11 is 0. The van der Waals surface area contributed by atoms with Gasteiger partial charge in [-0.1, -0.05) is 10.2 Å². The van der Waals surface area contributed by atoms with Crippen molar-refractivity contribution in [2.75, 3.05) is 36.8 Å². The molecule has 220 valence electrons. The van der Waals surface area contributed by atoms with Crippen molar-refractivity contribution in [3.05, 3.63) is 73.3 Å². The molecule has 0 aliphatic rings. The molecule has 2 aromatic heterocycles. The molecule has 0 bridgehead atoms. The van der Waals surface area contributed by atoms with Gasteiger partial charge in [-0.25, -0.2) is 23.1 Å². The Hall–Kier alpha value is -5.07. The maximum Gasteiger partial charge on any atom is 0.421 e. The number of hydrogen-bond acceptors (Lipinski definition) is 7. The molecular formula is C29H40N12O+2. The highest BCUT2D eigenvalue weighted by Gasteiger charge is 2.11. The van der Waals surface area contributed by atoms with Crippen LogP contribution in [-0.4, -0.2) is 41.3 Å². The summed E-state index contributed by atoms with van der Waals surface area (Å²) in [5.41, 5.74) is 3.56. The fraction of sp³-hybridized carbons (Fsp3) is 0.345. The van der Waals surface area contributed by atoms with Crippen LogP contribution in [0.5, 0.6) is 0 Å². The number of carbonyl (C=O) groups is 1. The topological polar surface area (TPSA) is 132 Å². The first-order valence-corrected chi connectivity index (χ1v) is 13.9. The van der Waals surface area contributed by atoms with Crippen LogP contribution in [-0.2, 0) is 28.2 Å². The Morgan fingerprint density at radius 1 is 0.643 bits per heavy atom. The molecule has 0 radical (unpaired) electrons. The number of carbonyl (C=O) groups excluding carboxylic acids is 1. The molecule has 0 saturated carbocycles. The van der Waals surface area contributed by atoms with Crippen molar-refractivity contribution in [2.45, 2.75) is 12.8 Å². The van der Waals surface area contributed by atoms with Crippen molar-refractivity contribution in [3.8, 4) is 0 Å². The highest BCUT2D eigenvalue weighted by atomic mass is 16.2. The molecule has 0 atom stereocenters. The number of azo groups is 2. The van der Waals surface area contributed by atoms with Gasteiger partial charge in [0.25, 0.3) is 0 Å². The van der Waals surface area contributed by atoms with Gasteiger partial charge in [0.15, 0.2) is 0 Å². The summed E-state index contributed by atoms with van der Waals surface area (Å²) in [6, 6.07) is 15.4. The van der Waals surface area contributed by atoms with Crippen LogP contribution in [0.3, 0.4) is 0 Å². The van der Waals surface area contributed by atoms with Crippen LogP contribution >= 0.6 is 0 Å². The van der Waals surface area contributed by atoms with Crippen LogP contribution in [0.15, 0.2) is 93.8 Å². The average molecular weight is 573 g/mol. The van der Waals surface area contributed by atoms with Crippen LogP contribution in [0, 0.1) is 0 Å². The minimum absolute atomic E-state index is 0.155. The molecule has 0 aliphatic carbocycles. The Balaban J connectivity index is 1.03. The number of urea groups is 1. The molecule has 4 rings (SSSR count). The van der Waals surface area contributed by atoms with Crippen molar-refractivity contribution in [1.82, 2.24) is 19.8 Å². The predicted octanol–water partition coefficient (Wildman–Crippen LogP) is 4.45. The first-order chi connectivity index (χ1) is 20.4. The van der Waals surface area contributed by atoms with Gasteiger partial charge in [0.2, 0.25) is 0 Å². The zero-order valence-electron chi connectivity index (χ0n) is 24.7. The molecule has 2 heterocycles. The van der Waals surface area contributed by atoms with E-state index in [1.54, 1.807) is 0 Å². The smallest absolute Gasteiger partial charge is 0.385 e. The summed E-state index contributed by atoms with van der Waals surface area (Å²) in [7, 11) is 7.73. The second-order valence-electron chi connectivity index (χ2n) is 9.88. The zero-order valence-corrected chi connectivity index (χ0v) is 24.7. The number of aryl methyl sites for hydroxylation is 4. The van der Waals surface area contributed by atoms with Crippen molar-refractivity contribution < 1.29 is 13.9 Å². The van der Waals surface area contributed by atoms with Crippen LogP contribution in [0.4, 0.5) is 39.4 Å². The van der Waals surface area contributed by atoms with Crippen LogP contribution < -0.4 is 30.4 Å². The molecule has 0 aliphatic heterocycles. The van der Waals surface area contributed by atoms with E-state index in [4.69, 9.17) is 0 Å². The fourth-order valence-electron chi connectivity index (χ4n) is 4.05. The van der Waals surface area contributed by atoms with Gasteiger partial charge in [0.05, 0.1) is 53.0 Å². The summed E-state index contributed by atoms with van der Waals surface area (Å²) in [5, 5.41) is 29.7. The van der Waals surface area contributed by atoms with E-state index >= 15 is 0 Å². The standard InChI is InChI=1S/C29H38N12O/c1-38-19-20-39(2)28(38)36-34-25-11-7-23(8-12-25)30-15-5-17-32-27(42)33-18-6-16-31-24-9-13-26(14-10-24)35-37-29-40(3)21-22-41(29)4/h7-14,19-22H,5-6,15-18H2,1-4H3,(H2,32,33,42)/p+2. The number of hydrogen-bond donors (Lipinski definition) is 4. The Labute approximate surface area is 246 Å². The van der Waals surface area contributed by atoms with Gasteiger partial charge in [-0.2, -0.15) is 0 Å². The Kier molecular flexibility index (Phi) is 10.7. The third kappa shape index (κ3) is 8.98. The number of aromatic nitrogens is 4. The average Bonchev–Trinajstić information content (AvgIpc) is 3.49. The van der Waals surface area contributed by atoms with Crippen LogP contribution in [0.1, 0.15) is 12.8 Å². The Bertz CT molecular complexity index is 1340. The highest BCUT2D eigenvalue weighted by Crippen LogP contribution is 2.20. The molecule has 0 saturated heterocycles. The number of amides is 2. The maximum atomic E-state index is 12.1. The minimum atomic E-state index is -0.155. The molecular weight excluding hydrogens is 532 g/mol. The van der Waals surface area contributed by atoms with E-state index in [9.17, 15) is 4.79 Å². The lowest BCUT2D eigenvalue weighted by Gasteiger charge is -2.10. The molecule has 13 nitrogen and oxygen atoms in total. The number of rotatable bonds is 14. The largest absolute Gasteiger partial charge is 0.421 e. The first kappa shape index (κ1) is 29.9. The fourth-order valence-corrected chi connectivity index (χ4v) is 4.05. The van der Waals surface area contributed by atoms with Crippen molar-refractivity contribution in [3.63, 3.8) is 0 Å². The monoisotopic (exact) mass is 572 g/mol. The third-order valence-electron chi connectivity index (χ3n) is 6.47. The molecule has 13 heteroatoms. The highest BCUT2D eigenvalue weighted by molar-refractivity contribution is 5.73. The van der Waals surface area contributed by atoms with Gasteiger partial charge in [-0.15, -0.1) is 0 Å². The van der Waals surface area contributed by atoms with E-state index in [0.29, 0.717) is 13.1 Å². The van der Waals surface area contributed by atoms with E-state index < -0.39 is 0 Å². The van der Waals surface area contributed by atoms with Gasteiger partial charge in [0.1, 0.15) is 11.4 Å². The van der Waals surface area contributed by atoms with Crippen LogP contribution in [0.25, 0.3) is 0 Å². The van der Waals surface area contributed by atoms with Crippen molar-refractivity contribution in [1.29, 1.82) is 0 Å². The number of imidazole rings is 2. The van der Waals surface area contributed by atoms with E-state index in [0.717, 1.165) is 60.6 Å². The number of nitrogens with zero attached hydrogens (tertiary/aromatic N) is 8. The first-order valence-electron chi connectivity index (χ1n) is 13.9. The van der Waals surface area contributed by atoms with Gasteiger partial charge in [-0.3, -0.25) is 0 Å². The molecule has 2 amide bonds. The summed E-state index contributed by atoms with van der Waals surface area (Å²) in [6.45, 7) is 2.66. The zero-order chi connectivity index (χ0) is 29.7. The lowest BCUT2D eigenvalue weighted by Crippen LogP contribution is -2.37. The molecule has 0 spiro atoms. The normalized spacial score (nSPS) is 11.3. The number of anilines is 2. The second kappa shape index (κ2) is 15.1. The summed E-state index contributed by atoms with van der Waals surface area (Å²) in [6.07, 6.45) is 9.34. The summed E-state index contributed by atoms with van der Waals surface area (Å²) < 4.78 is 7.65. The van der Waals surface area contributed by atoms with E-state index in [1.807, 2.05) is 120 Å². The van der Waals surface area contributed by atoms with Gasteiger partial charge in [0, 0.05) is 47.8 Å². The van der Waals surface area contributed by atoms with Crippen molar-refractivity contribution in [2.24, 2.45) is 48.6 Å². The SMILES string of the molecule is Cn1cc[n+](C)c1N=Nc1ccc(NCCCNC(=O)NCCCNc2ccc(N=Nc3n(C)cc[n+]3C)cc2)cc1. The number of benzene rings is 2. The van der Waals surface area contributed by atoms with E-state index in [1.165, 1.54) is 0 Å². The summed E-state index contributed by atoms with van der Waals surface area (Å²) in [4.78, 5) is 12.1. The Morgan fingerprint density at radius 3 is 1.40 bits per heavy atom.